The van der Waals surface area contributed by atoms with E-state index >= 15 is 0 Å². The lowest BCUT2D eigenvalue weighted by atomic mass is 10.2. The molecule has 3 aromatic heterocycles. The van der Waals surface area contributed by atoms with Crippen LogP contribution in [0.25, 0.3) is 61.5 Å². The molecule has 0 saturated heterocycles. The summed E-state index contributed by atoms with van der Waals surface area (Å²) in [4.78, 5) is 12.0. The van der Waals surface area contributed by atoms with Gasteiger partial charge >= 0.3 is 6.01 Å². The summed E-state index contributed by atoms with van der Waals surface area (Å²) >= 11 is 0. The normalized spacial score (nSPS) is 11.6. The van der Waals surface area contributed by atoms with Gasteiger partial charge in [0.1, 0.15) is 11.0 Å². The molecule has 0 aliphatic heterocycles. The maximum atomic E-state index is 6.30. The van der Waals surface area contributed by atoms with Gasteiger partial charge in [0, 0.05) is 33.4 Å². The molecule has 6 heteroatoms. The Kier molecular flexibility index (Phi) is 5.40. The number of hydrogen-bond acceptors (Lipinski definition) is 5. The van der Waals surface area contributed by atoms with Gasteiger partial charge in [0.25, 0.3) is 0 Å². The first-order chi connectivity index (χ1) is 21.8. The van der Waals surface area contributed by atoms with Crippen molar-refractivity contribution in [2.75, 3.05) is 4.90 Å². The molecule has 0 N–H and O–H groups in total. The molecule has 0 bridgehead atoms. The molecule has 9 aromatic rings. The predicted octanol–water partition coefficient (Wildman–Crippen LogP) is 10.2. The summed E-state index contributed by atoms with van der Waals surface area (Å²) < 4.78 is 14.6. The number of aromatic nitrogens is 3. The van der Waals surface area contributed by atoms with Gasteiger partial charge in [0.2, 0.25) is 5.89 Å². The molecule has 208 valence electrons. The van der Waals surface area contributed by atoms with E-state index in [1.165, 1.54) is 0 Å². The van der Waals surface area contributed by atoms with Crippen LogP contribution in [0.15, 0.2) is 154 Å². The first-order valence-corrected chi connectivity index (χ1v) is 14.5. The molecular formula is C38H24N4O2. The molecule has 0 unspecified atom stereocenters. The van der Waals surface area contributed by atoms with E-state index in [-0.39, 0.29) is 0 Å². The molecule has 9 rings (SSSR count). The molecule has 0 aliphatic rings. The number of rotatable bonds is 5. The van der Waals surface area contributed by atoms with E-state index < -0.39 is 0 Å². The van der Waals surface area contributed by atoms with Crippen LogP contribution in [-0.2, 0) is 0 Å². The Bertz CT molecular complexity index is 2360. The van der Waals surface area contributed by atoms with E-state index in [1.54, 1.807) is 0 Å². The van der Waals surface area contributed by atoms with Crippen molar-refractivity contribution >= 4 is 61.1 Å². The second-order valence-electron chi connectivity index (χ2n) is 10.7. The summed E-state index contributed by atoms with van der Waals surface area (Å²) in [5.74, 6) is 0.534. The van der Waals surface area contributed by atoms with Gasteiger partial charge in [-0.15, -0.1) is 0 Å². The third-order valence-electron chi connectivity index (χ3n) is 8.05. The molecule has 0 spiro atoms. The highest BCUT2D eigenvalue weighted by atomic mass is 16.4. The van der Waals surface area contributed by atoms with E-state index in [0.29, 0.717) is 17.5 Å². The van der Waals surface area contributed by atoms with Crippen LogP contribution in [0, 0.1) is 0 Å². The Morgan fingerprint density at radius 1 is 0.477 bits per heavy atom. The van der Waals surface area contributed by atoms with Crippen LogP contribution in [0.4, 0.5) is 17.1 Å². The average Bonchev–Trinajstić information content (AvgIpc) is 3.79. The van der Waals surface area contributed by atoms with Crippen LogP contribution in [-0.4, -0.2) is 14.5 Å². The fourth-order valence-electron chi connectivity index (χ4n) is 6.05. The molecule has 44 heavy (non-hydrogen) atoms. The van der Waals surface area contributed by atoms with E-state index in [1.807, 2.05) is 72.8 Å². The number of hydrogen-bond donors (Lipinski definition) is 0. The van der Waals surface area contributed by atoms with Crippen LogP contribution in [0.5, 0.6) is 0 Å². The van der Waals surface area contributed by atoms with Gasteiger partial charge in [0.05, 0.1) is 11.0 Å². The van der Waals surface area contributed by atoms with Crippen LogP contribution >= 0.6 is 0 Å². The monoisotopic (exact) mass is 568 g/mol. The zero-order chi connectivity index (χ0) is 29.0. The molecule has 6 nitrogen and oxygen atoms in total. The maximum Gasteiger partial charge on any atom is 0.307 e. The minimum absolute atomic E-state index is 0.527. The Morgan fingerprint density at radius 2 is 1.05 bits per heavy atom. The minimum Gasteiger partial charge on any atom is -0.436 e. The van der Waals surface area contributed by atoms with Crippen molar-refractivity contribution < 1.29 is 8.83 Å². The number of anilines is 3. The average molecular weight is 569 g/mol. The molecule has 0 radical (unpaired) electrons. The van der Waals surface area contributed by atoms with Gasteiger partial charge in [0.15, 0.2) is 11.2 Å². The molecule has 3 heterocycles. The Balaban J connectivity index is 1.12. The highest BCUT2D eigenvalue weighted by Gasteiger charge is 2.18. The Labute approximate surface area is 252 Å². The van der Waals surface area contributed by atoms with Gasteiger partial charge in [-0.2, -0.15) is 4.98 Å². The lowest BCUT2D eigenvalue weighted by Crippen LogP contribution is -2.09. The van der Waals surface area contributed by atoms with Crippen molar-refractivity contribution in [3.63, 3.8) is 0 Å². The maximum absolute atomic E-state index is 6.30. The summed E-state index contributed by atoms with van der Waals surface area (Å²) in [6.07, 6.45) is 0. The van der Waals surface area contributed by atoms with E-state index in [4.69, 9.17) is 18.8 Å². The summed E-state index contributed by atoms with van der Waals surface area (Å²) in [6, 6.07) is 49.8. The smallest absolute Gasteiger partial charge is 0.307 e. The number of nitrogens with zero attached hydrogens (tertiary/aromatic N) is 4. The molecule has 6 aromatic carbocycles. The first-order valence-electron chi connectivity index (χ1n) is 14.5. The molecule has 0 atom stereocenters. The highest BCUT2D eigenvalue weighted by molar-refractivity contribution is 6.09. The van der Waals surface area contributed by atoms with Crippen molar-refractivity contribution in [1.29, 1.82) is 0 Å². The molecule has 0 fully saturated rings. The van der Waals surface area contributed by atoms with Crippen molar-refractivity contribution in [1.82, 2.24) is 14.5 Å². The second kappa shape index (κ2) is 9.71. The molecule has 0 amide bonds. The number of oxazole rings is 2. The zero-order valence-corrected chi connectivity index (χ0v) is 23.5. The predicted molar refractivity (Wildman–Crippen MR) is 176 cm³/mol. The van der Waals surface area contributed by atoms with Crippen LogP contribution in [0.1, 0.15) is 0 Å². The van der Waals surface area contributed by atoms with Crippen LogP contribution in [0.3, 0.4) is 0 Å². The number of para-hydroxylation sites is 4. The SMILES string of the molecule is c1ccc(N(c2ccccc2)c2ccc3oc(-c4ccc5oc(-n6c7ccccc7c7ccccc76)nc5c4)nc3c2)cc1. The molecule has 0 saturated carbocycles. The van der Waals surface area contributed by atoms with Gasteiger partial charge in [-0.1, -0.05) is 72.8 Å². The van der Waals surface area contributed by atoms with E-state index in [0.717, 1.165) is 61.0 Å². The number of benzene rings is 6. The van der Waals surface area contributed by atoms with Crippen LogP contribution in [0.2, 0.25) is 0 Å². The molecule has 0 aliphatic carbocycles. The zero-order valence-electron chi connectivity index (χ0n) is 23.5. The van der Waals surface area contributed by atoms with Crippen LogP contribution < -0.4 is 4.90 Å². The van der Waals surface area contributed by atoms with Crippen molar-refractivity contribution in [2.45, 2.75) is 0 Å². The first kappa shape index (κ1) is 24.5. The summed E-state index contributed by atoms with van der Waals surface area (Å²) in [5, 5.41) is 2.32. The third kappa shape index (κ3) is 3.89. The third-order valence-corrected chi connectivity index (χ3v) is 8.05. The van der Waals surface area contributed by atoms with E-state index in [9.17, 15) is 0 Å². The quantitative estimate of drug-likeness (QED) is 0.207. The number of fused-ring (bicyclic) bond motifs is 5. The lowest BCUT2D eigenvalue weighted by molar-refractivity contribution is 0.574. The fourth-order valence-corrected chi connectivity index (χ4v) is 6.05. The van der Waals surface area contributed by atoms with Gasteiger partial charge in [-0.05, 0) is 72.8 Å². The minimum atomic E-state index is 0.527. The van der Waals surface area contributed by atoms with Gasteiger partial charge in [-0.25, -0.2) is 4.98 Å². The summed E-state index contributed by atoms with van der Waals surface area (Å²) in [7, 11) is 0. The topological polar surface area (TPSA) is 60.2 Å². The molecular weight excluding hydrogens is 544 g/mol. The lowest BCUT2D eigenvalue weighted by Gasteiger charge is -2.25. The standard InChI is InChI=1S/C38H24N4O2/c1-3-11-26(12-4-1)41(27-13-5-2-6-14-27)28-20-22-35-32(24-28)39-37(43-35)25-19-21-36-31(23-25)40-38(44-36)42-33-17-9-7-15-29(33)30-16-8-10-18-34(30)42/h1-24H. The fraction of sp³-hybridized carbons (Fsp3) is 0. The van der Waals surface area contributed by atoms with Crippen molar-refractivity contribution in [3.05, 3.63) is 146 Å². The van der Waals surface area contributed by atoms with Crippen molar-refractivity contribution in [3.8, 4) is 17.5 Å². The second-order valence-corrected chi connectivity index (χ2v) is 10.7. The van der Waals surface area contributed by atoms with Gasteiger partial charge in [-0.3, -0.25) is 4.57 Å². The highest BCUT2D eigenvalue weighted by Crippen LogP contribution is 2.37. The van der Waals surface area contributed by atoms with Crippen molar-refractivity contribution in [2.24, 2.45) is 0 Å². The van der Waals surface area contributed by atoms with E-state index in [2.05, 4.69) is 82.3 Å². The Morgan fingerprint density at radius 3 is 1.73 bits per heavy atom. The Hall–Kier alpha value is -6.14. The summed E-state index contributed by atoms with van der Waals surface area (Å²) in [5.41, 5.74) is 9.00. The van der Waals surface area contributed by atoms with Gasteiger partial charge < -0.3 is 13.7 Å². The summed E-state index contributed by atoms with van der Waals surface area (Å²) in [6.45, 7) is 0. The largest absolute Gasteiger partial charge is 0.436 e.